The molecule has 0 spiro atoms. The highest BCUT2D eigenvalue weighted by atomic mass is 19.3. The summed E-state index contributed by atoms with van der Waals surface area (Å²) < 4.78 is 28.5. The minimum atomic E-state index is -2.88. The molecule has 1 aliphatic carbocycles. The maximum Gasteiger partial charge on any atom is 0.387 e. The van der Waals surface area contributed by atoms with Crippen molar-refractivity contribution in [2.75, 3.05) is 11.9 Å². The largest absolute Gasteiger partial charge is 0.435 e. The molecule has 1 aliphatic rings. The summed E-state index contributed by atoms with van der Waals surface area (Å²) >= 11 is 0. The Balaban J connectivity index is 1.75. The lowest BCUT2D eigenvalue weighted by Gasteiger charge is -2.13. The fraction of sp³-hybridized carbons (Fsp3) is 0.438. The standard InChI is InChI=1S/C16H20F2N2O2/c17-15(18)22-14-8-4-7-13(11-14)20-16(21)19-10-9-12-5-2-1-3-6-12/h4-5,7-8,11,15H,1-3,6,9-10H2,(H2,19,20,21). The Morgan fingerprint density at radius 1 is 1.32 bits per heavy atom. The molecule has 2 N–H and O–H groups in total. The number of hydrogen-bond donors (Lipinski definition) is 2. The van der Waals surface area contributed by atoms with Crippen LogP contribution in [0.15, 0.2) is 35.9 Å². The fourth-order valence-electron chi connectivity index (χ4n) is 2.39. The Labute approximate surface area is 128 Å². The average Bonchev–Trinajstić information content (AvgIpc) is 2.48. The number of halogens is 2. The smallest absolute Gasteiger partial charge is 0.387 e. The van der Waals surface area contributed by atoms with Gasteiger partial charge in [-0.15, -0.1) is 0 Å². The van der Waals surface area contributed by atoms with Crippen LogP contribution in [-0.4, -0.2) is 19.2 Å². The Kier molecular flexibility index (Phi) is 6.18. The van der Waals surface area contributed by atoms with Crippen molar-refractivity contribution in [2.24, 2.45) is 0 Å². The molecule has 1 aromatic carbocycles. The summed E-state index contributed by atoms with van der Waals surface area (Å²) in [4.78, 5) is 11.8. The highest BCUT2D eigenvalue weighted by Crippen LogP contribution is 2.20. The molecule has 0 aromatic heterocycles. The van der Waals surface area contributed by atoms with Crippen molar-refractivity contribution < 1.29 is 18.3 Å². The monoisotopic (exact) mass is 310 g/mol. The number of amides is 2. The Bertz CT molecular complexity index is 533. The number of rotatable bonds is 6. The molecule has 0 aliphatic heterocycles. The maximum absolute atomic E-state index is 12.1. The van der Waals surface area contributed by atoms with Crippen LogP contribution in [0.5, 0.6) is 5.75 Å². The van der Waals surface area contributed by atoms with E-state index in [0.717, 1.165) is 19.3 Å². The molecule has 2 rings (SSSR count). The first-order valence-electron chi connectivity index (χ1n) is 7.41. The van der Waals surface area contributed by atoms with E-state index < -0.39 is 6.61 Å². The summed E-state index contributed by atoms with van der Waals surface area (Å²) in [6.45, 7) is -2.32. The van der Waals surface area contributed by atoms with E-state index in [1.165, 1.54) is 30.5 Å². The molecular weight excluding hydrogens is 290 g/mol. The van der Waals surface area contributed by atoms with E-state index >= 15 is 0 Å². The summed E-state index contributed by atoms with van der Waals surface area (Å²) in [6, 6.07) is 5.56. The Morgan fingerprint density at radius 2 is 2.18 bits per heavy atom. The third-order valence-corrected chi connectivity index (χ3v) is 3.43. The van der Waals surface area contributed by atoms with E-state index in [-0.39, 0.29) is 11.8 Å². The van der Waals surface area contributed by atoms with Crippen molar-refractivity contribution in [3.8, 4) is 5.75 Å². The summed E-state index contributed by atoms with van der Waals surface area (Å²) in [5.41, 5.74) is 1.80. The van der Waals surface area contributed by atoms with Gasteiger partial charge in [0.2, 0.25) is 0 Å². The molecule has 2 amide bonds. The van der Waals surface area contributed by atoms with Crippen molar-refractivity contribution in [2.45, 2.75) is 38.7 Å². The minimum absolute atomic E-state index is 0.0140. The van der Waals surface area contributed by atoms with E-state index in [9.17, 15) is 13.6 Å². The normalized spacial score (nSPS) is 14.4. The van der Waals surface area contributed by atoms with Gasteiger partial charge < -0.3 is 15.4 Å². The van der Waals surface area contributed by atoms with Gasteiger partial charge in [-0.05, 0) is 44.2 Å². The lowest BCUT2D eigenvalue weighted by molar-refractivity contribution is -0.0497. The Hall–Kier alpha value is -2.11. The fourth-order valence-corrected chi connectivity index (χ4v) is 2.39. The van der Waals surface area contributed by atoms with Gasteiger partial charge in [-0.1, -0.05) is 17.7 Å². The lowest BCUT2D eigenvalue weighted by atomic mass is 9.97. The topological polar surface area (TPSA) is 50.4 Å². The molecule has 1 aromatic rings. The van der Waals surface area contributed by atoms with Crippen LogP contribution in [-0.2, 0) is 0 Å². The highest BCUT2D eigenvalue weighted by Gasteiger charge is 2.07. The van der Waals surface area contributed by atoms with Crippen LogP contribution in [0.3, 0.4) is 0 Å². The van der Waals surface area contributed by atoms with Crippen LogP contribution in [0.2, 0.25) is 0 Å². The van der Waals surface area contributed by atoms with Gasteiger partial charge in [0.25, 0.3) is 0 Å². The van der Waals surface area contributed by atoms with Gasteiger partial charge >= 0.3 is 12.6 Å². The third-order valence-electron chi connectivity index (χ3n) is 3.43. The molecular formula is C16H20F2N2O2. The van der Waals surface area contributed by atoms with Crippen LogP contribution >= 0.6 is 0 Å². The summed E-state index contributed by atoms with van der Waals surface area (Å²) in [7, 11) is 0. The van der Waals surface area contributed by atoms with Crippen molar-refractivity contribution in [1.29, 1.82) is 0 Å². The van der Waals surface area contributed by atoms with E-state index in [0.29, 0.717) is 12.2 Å². The molecule has 6 heteroatoms. The van der Waals surface area contributed by atoms with Gasteiger partial charge in [0.1, 0.15) is 5.75 Å². The van der Waals surface area contributed by atoms with E-state index in [1.807, 2.05) is 0 Å². The number of alkyl halides is 2. The summed E-state index contributed by atoms with van der Waals surface area (Å²) in [5, 5.41) is 5.36. The number of carbonyl (C=O) groups is 1. The number of benzene rings is 1. The number of ether oxygens (including phenoxy) is 1. The number of urea groups is 1. The first-order valence-corrected chi connectivity index (χ1v) is 7.41. The van der Waals surface area contributed by atoms with E-state index in [1.54, 1.807) is 12.1 Å². The van der Waals surface area contributed by atoms with E-state index in [2.05, 4.69) is 21.4 Å². The van der Waals surface area contributed by atoms with Crippen molar-refractivity contribution in [1.82, 2.24) is 5.32 Å². The molecule has 0 radical (unpaired) electrons. The predicted molar refractivity (Wildman–Crippen MR) is 81.3 cm³/mol. The van der Waals surface area contributed by atoms with Gasteiger partial charge in [0, 0.05) is 18.3 Å². The molecule has 0 bridgehead atoms. The molecule has 0 atom stereocenters. The van der Waals surface area contributed by atoms with Crippen LogP contribution in [0.1, 0.15) is 32.1 Å². The van der Waals surface area contributed by atoms with Crippen LogP contribution < -0.4 is 15.4 Å². The second-order valence-electron chi connectivity index (χ2n) is 5.15. The number of anilines is 1. The average molecular weight is 310 g/mol. The molecule has 0 heterocycles. The zero-order valence-electron chi connectivity index (χ0n) is 12.3. The van der Waals surface area contributed by atoms with Crippen LogP contribution in [0.4, 0.5) is 19.3 Å². The first kappa shape index (κ1) is 16.3. The summed E-state index contributed by atoms with van der Waals surface area (Å²) in [5.74, 6) is 0.0140. The quantitative estimate of drug-likeness (QED) is 0.770. The zero-order valence-corrected chi connectivity index (χ0v) is 12.3. The van der Waals surface area contributed by atoms with Crippen LogP contribution in [0, 0.1) is 0 Å². The molecule has 0 fully saturated rings. The number of nitrogens with one attached hydrogen (secondary N) is 2. The molecule has 0 saturated heterocycles. The van der Waals surface area contributed by atoms with Gasteiger partial charge in [0.15, 0.2) is 0 Å². The second-order valence-corrected chi connectivity index (χ2v) is 5.15. The molecule has 22 heavy (non-hydrogen) atoms. The molecule has 0 saturated carbocycles. The maximum atomic E-state index is 12.1. The van der Waals surface area contributed by atoms with Gasteiger partial charge in [-0.2, -0.15) is 8.78 Å². The van der Waals surface area contributed by atoms with Crippen molar-refractivity contribution in [3.63, 3.8) is 0 Å². The first-order chi connectivity index (χ1) is 10.6. The Morgan fingerprint density at radius 3 is 2.91 bits per heavy atom. The number of hydrogen-bond acceptors (Lipinski definition) is 2. The van der Waals surface area contributed by atoms with Crippen molar-refractivity contribution in [3.05, 3.63) is 35.9 Å². The second kappa shape index (κ2) is 8.36. The third kappa shape index (κ3) is 5.71. The molecule has 0 unspecified atom stereocenters. The lowest BCUT2D eigenvalue weighted by Crippen LogP contribution is -2.29. The van der Waals surface area contributed by atoms with Gasteiger partial charge in [-0.3, -0.25) is 0 Å². The van der Waals surface area contributed by atoms with Gasteiger partial charge in [-0.25, -0.2) is 4.79 Å². The SMILES string of the molecule is O=C(NCCC1=CCCCC1)Nc1cccc(OC(F)F)c1. The van der Waals surface area contributed by atoms with Crippen LogP contribution in [0.25, 0.3) is 0 Å². The molecule has 4 nitrogen and oxygen atoms in total. The van der Waals surface area contributed by atoms with Crippen molar-refractivity contribution >= 4 is 11.7 Å². The number of allylic oxidation sites excluding steroid dienone is 1. The minimum Gasteiger partial charge on any atom is -0.435 e. The molecule has 120 valence electrons. The predicted octanol–water partition coefficient (Wildman–Crippen LogP) is 4.30. The zero-order chi connectivity index (χ0) is 15.8. The highest BCUT2D eigenvalue weighted by molar-refractivity contribution is 5.89. The summed E-state index contributed by atoms with van der Waals surface area (Å²) in [6.07, 6.45) is 7.79. The number of carbonyl (C=O) groups excluding carboxylic acids is 1. The van der Waals surface area contributed by atoms with Gasteiger partial charge in [0.05, 0.1) is 0 Å². The van der Waals surface area contributed by atoms with E-state index in [4.69, 9.17) is 0 Å².